The van der Waals surface area contributed by atoms with Gasteiger partial charge in [-0.1, -0.05) is 43.4 Å². The molecule has 0 unspecified atom stereocenters. The van der Waals surface area contributed by atoms with Crippen LogP contribution in [0.2, 0.25) is 0 Å². The van der Waals surface area contributed by atoms with Gasteiger partial charge >= 0.3 is 0 Å². The molecule has 28 heavy (non-hydrogen) atoms. The second-order valence-electron chi connectivity index (χ2n) is 8.53. The third-order valence-corrected chi connectivity index (χ3v) is 6.54. The minimum absolute atomic E-state index is 0.0269. The summed E-state index contributed by atoms with van der Waals surface area (Å²) < 4.78 is 0. The van der Waals surface area contributed by atoms with Gasteiger partial charge in [0.1, 0.15) is 0 Å². The first kappa shape index (κ1) is 19.1. The standard InChI is InChI=1S/C21H26N4O2S/c1-21(2)12-16-19(17(26)13-21)28-20(22-16)23-18(27)14-24-8-10-25(11-9-24)15-6-4-3-5-7-15/h3-7H,8-14H2,1-2H3,(H,22,23,27)/p+1. The number of quaternary nitrogens is 1. The summed E-state index contributed by atoms with van der Waals surface area (Å²) in [6.45, 7) is 8.37. The zero-order valence-electron chi connectivity index (χ0n) is 16.5. The number of aromatic nitrogens is 1. The average molecular weight is 400 g/mol. The number of rotatable bonds is 4. The van der Waals surface area contributed by atoms with E-state index in [9.17, 15) is 9.59 Å². The number of Topliss-reactive ketones (excluding diaryl/α,β-unsaturated/α-hetero) is 1. The molecule has 1 aliphatic carbocycles. The number of amides is 1. The zero-order chi connectivity index (χ0) is 19.7. The summed E-state index contributed by atoms with van der Waals surface area (Å²) in [6, 6.07) is 10.4. The number of hydrogen-bond acceptors (Lipinski definition) is 5. The first-order valence-corrected chi connectivity index (χ1v) is 10.7. The monoisotopic (exact) mass is 399 g/mol. The molecule has 2 aliphatic rings. The minimum atomic E-state index is -0.0536. The van der Waals surface area contributed by atoms with Gasteiger partial charge in [0.15, 0.2) is 17.5 Å². The van der Waals surface area contributed by atoms with Crippen LogP contribution in [0.15, 0.2) is 30.3 Å². The van der Waals surface area contributed by atoms with Crippen LogP contribution in [0, 0.1) is 5.41 Å². The Balaban J connectivity index is 1.31. The second kappa shape index (κ2) is 7.64. The number of carbonyl (C=O) groups excluding carboxylic acids is 2. The SMILES string of the molecule is CC1(C)CC(=O)c2sc(NC(=O)C[NH+]3CCN(c4ccccc4)CC3)nc2C1. The van der Waals surface area contributed by atoms with Crippen LogP contribution in [0.5, 0.6) is 0 Å². The average Bonchev–Trinajstić information content (AvgIpc) is 3.04. The van der Waals surface area contributed by atoms with Gasteiger partial charge in [-0.3, -0.25) is 14.9 Å². The molecule has 1 aliphatic heterocycles. The van der Waals surface area contributed by atoms with Gasteiger partial charge in [-0.15, -0.1) is 0 Å². The number of ketones is 1. The second-order valence-corrected chi connectivity index (χ2v) is 9.53. The first-order chi connectivity index (χ1) is 13.4. The number of piperazine rings is 1. The fraction of sp³-hybridized carbons (Fsp3) is 0.476. The van der Waals surface area contributed by atoms with Gasteiger partial charge in [0.2, 0.25) is 0 Å². The maximum absolute atomic E-state index is 12.5. The number of hydrogen-bond donors (Lipinski definition) is 2. The molecule has 2 aromatic rings. The van der Waals surface area contributed by atoms with Crippen LogP contribution in [0.1, 0.15) is 35.6 Å². The lowest BCUT2D eigenvalue weighted by Gasteiger charge is -2.33. The molecule has 0 saturated carbocycles. The third kappa shape index (κ3) is 4.25. The molecule has 2 N–H and O–H groups in total. The Labute approximate surface area is 169 Å². The molecule has 0 bridgehead atoms. The van der Waals surface area contributed by atoms with Crippen molar-refractivity contribution in [2.24, 2.45) is 5.41 Å². The van der Waals surface area contributed by atoms with E-state index in [2.05, 4.69) is 53.3 Å². The summed E-state index contributed by atoms with van der Waals surface area (Å²) in [4.78, 5) is 33.7. The number of nitrogens with zero attached hydrogens (tertiary/aromatic N) is 2. The van der Waals surface area contributed by atoms with Crippen molar-refractivity contribution in [2.45, 2.75) is 26.7 Å². The van der Waals surface area contributed by atoms with Crippen molar-refractivity contribution in [3.63, 3.8) is 0 Å². The topological polar surface area (TPSA) is 66.7 Å². The van der Waals surface area contributed by atoms with Crippen molar-refractivity contribution in [2.75, 3.05) is 42.9 Å². The van der Waals surface area contributed by atoms with E-state index in [1.807, 2.05) is 6.07 Å². The predicted molar refractivity (Wildman–Crippen MR) is 111 cm³/mol. The lowest BCUT2D eigenvalue weighted by Crippen LogP contribution is -3.15. The molecule has 1 aromatic heterocycles. The van der Waals surface area contributed by atoms with Crippen molar-refractivity contribution < 1.29 is 14.5 Å². The van der Waals surface area contributed by atoms with E-state index < -0.39 is 0 Å². The van der Waals surface area contributed by atoms with Crippen LogP contribution >= 0.6 is 11.3 Å². The van der Waals surface area contributed by atoms with Gasteiger partial charge < -0.3 is 9.80 Å². The molecular weight excluding hydrogens is 372 g/mol. The first-order valence-electron chi connectivity index (χ1n) is 9.86. The molecule has 1 amide bonds. The summed E-state index contributed by atoms with van der Waals surface area (Å²) in [5, 5.41) is 3.48. The van der Waals surface area contributed by atoms with Crippen LogP contribution in [0.25, 0.3) is 0 Å². The largest absolute Gasteiger partial charge is 0.360 e. The molecule has 0 spiro atoms. The lowest BCUT2D eigenvalue weighted by molar-refractivity contribution is -0.892. The van der Waals surface area contributed by atoms with Gasteiger partial charge in [0.05, 0.1) is 36.8 Å². The zero-order valence-corrected chi connectivity index (χ0v) is 17.3. The van der Waals surface area contributed by atoms with Gasteiger partial charge in [0.25, 0.3) is 5.91 Å². The van der Waals surface area contributed by atoms with Crippen LogP contribution in [0.3, 0.4) is 0 Å². The maximum atomic E-state index is 12.5. The van der Waals surface area contributed by atoms with E-state index in [4.69, 9.17) is 0 Å². The highest BCUT2D eigenvalue weighted by Crippen LogP contribution is 2.38. The lowest BCUT2D eigenvalue weighted by atomic mass is 9.78. The number of fused-ring (bicyclic) bond motifs is 1. The highest BCUT2D eigenvalue weighted by molar-refractivity contribution is 7.17. The molecule has 4 rings (SSSR count). The Morgan fingerprint density at radius 3 is 2.64 bits per heavy atom. The fourth-order valence-electron chi connectivity index (χ4n) is 4.06. The molecule has 2 heterocycles. The summed E-state index contributed by atoms with van der Waals surface area (Å²) in [7, 11) is 0. The van der Waals surface area contributed by atoms with E-state index >= 15 is 0 Å². The number of anilines is 2. The van der Waals surface area contributed by atoms with Crippen molar-refractivity contribution >= 4 is 33.8 Å². The van der Waals surface area contributed by atoms with E-state index in [0.717, 1.165) is 43.2 Å². The molecule has 1 aromatic carbocycles. The quantitative estimate of drug-likeness (QED) is 0.820. The molecule has 1 fully saturated rings. The molecule has 1 saturated heterocycles. The van der Waals surface area contributed by atoms with Crippen molar-refractivity contribution in [1.82, 2.24) is 4.98 Å². The van der Waals surface area contributed by atoms with E-state index in [1.54, 1.807) is 0 Å². The Kier molecular flexibility index (Phi) is 5.21. The van der Waals surface area contributed by atoms with E-state index in [-0.39, 0.29) is 17.1 Å². The Hall–Kier alpha value is -2.25. The fourth-order valence-corrected chi connectivity index (χ4v) is 5.00. The van der Waals surface area contributed by atoms with Gasteiger partial charge in [-0.05, 0) is 24.0 Å². The number of para-hydroxylation sites is 1. The summed E-state index contributed by atoms with van der Waals surface area (Å²) >= 11 is 1.32. The van der Waals surface area contributed by atoms with Crippen LogP contribution in [-0.2, 0) is 11.2 Å². The summed E-state index contributed by atoms with van der Waals surface area (Å²) in [6.07, 6.45) is 1.33. The maximum Gasteiger partial charge on any atom is 0.281 e. The molecule has 7 heteroatoms. The van der Waals surface area contributed by atoms with E-state index in [0.29, 0.717) is 18.1 Å². The number of nitrogens with one attached hydrogen (secondary N) is 2. The molecular formula is C21H27N4O2S+. The van der Waals surface area contributed by atoms with Crippen LogP contribution in [0.4, 0.5) is 10.8 Å². The molecule has 0 atom stereocenters. The Morgan fingerprint density at radius 2 is 1.93 bits per heavy atom. The predicted octanol–water partition coefficient (Wildman–Crippen LogP) is 1.64. The van der Waals surface area contributed by atoms with Gasteiger partial charge in [-0.2, -0.15) is 0 Å². The molecule has 148 valence electrons. The molecule has 0 radical (unpaired) electrons. The Morgan fingerprint density at radius 1 is 1.21 bits per heavy atom. The number of benzene rings is 1. The van der Waals surface area contributed by atoms with Crippen LogP contribution in [-0.4, -0.2) is 49.4 Å². The normalized spacial score (nSPS) is 19.4. The Bertz CT molecular complexity index is 870. The minimum Gasteiger partial charge on any atom is -0.360 e. The van der Waals surface area contributed by atoms with Gasteiger partial charge in [0, 0.05) is 12.1 Å². The third-order valence-electron chi connectivity index (χ3n) is 5.48. The molecule has 6 nitrogen and oxygen atoms in total. The van der Waals surface area contributed by atoms with Crippen molar-refractivity contribution in [3.8, 4) is 0 Å². The highest BCUT2D eigenvalue weighted by atomic mass is 32.1. The van der Waals surface area contributed by atoms with Gasteiger partial charge in [-0.25, -0.2) is 4.98 Å². The van der Waals surface area contributed by atoms with Crippen LogP contribution < -0.4 is 15.1 Å². The highest BCUT2D eigenvalue weighted by Gasteiger charge is 2.34. The number of carbonyl (C=O) groups is 2. The van der Waals surface area contributed by atoms with Crippen molar-refractivity contribution in [1.29, 1.82) is 0 Å². The summed E-state index contributed by atoms with van der Waals surface area (Å²) in [5.74, 6) is 0.118. The summed E-state index contributed by atoms with van der Waals surface area (Å²) in [5.41, 5.74) is 2.03. The smallest absolute Gasteiger partial charge is 0.281 e. The van der Waals surface area contributed by atoms with Crippen molar-refractivity contribution in [3.05, 3.63) is 40.9 Å². The number of thiazole rings is 1. The van der Waals surface area contributed by atoms with E-state index in [1.165, 1.54) is 21.9 Å².